The molecule has 2 rings (SSSR count). The second-order valence-electron chi connectivity index (χ2n) is 4.91. The van der Waals surface area contributed by atoms with Gasteiger partial charge in [0.1, 0.15) is 0 Å². The van der Waals surface area contributed by atoms with Crippen molar-refractivity contribution in [2.75, 3.05) is 30.7 Å². The summed E-state index contributed by atoms with van der Waals surface area (Å²) >= 11 is 5.82. The van der Waals surface area contributed by atoms with E-state index in [-0.39, 0.29) is 5.91 Å². The molecule has 0 aromatic heterocycles. The number of carbonyl (C=O) groups is 1. The number of carbonyl (C=O) groups excluding carboxylic acids is 1. The van der Waals surface area contributed by atoms with E-state index < -0.39 is 0 Å². The molecule has 1 atom stereocenters. The fraction of sp³-hybridized carbons (Fsp3) is 0.462. The molecule has 1 aliphatic heterocycles. The van der Waals surface area contributed by atoms with Crippen LogP contribution in [-0.4, -0.2) is 30.4 Å². The molecule has 0 aliphatic carbocycles. The summed E-state index contributed by atoms with van der Waals surface area (Å²) in [5.74, 6) is 0.676. The summed E-state index contributed by atoms with van der Waals surface area (Å²) in [5.41, 5.74) is 6.85. The number of nitrogen functional groups attached to an aromatic ring is 1. The number of hydrogen-bond acceptors (Lipinski definition) is 3. The van der Waals surface area contributed by atoms with Crippen LogP contribution < -0.4 is 11.1 Å². The molecule has 1 amide bonds. The molecular weight excluding hydrogens is 250 g/mol. The van der Waals surface area contributed by atoms with Gasteiger partial charge in [-0.25, -0.2) is 0 Å². The van der Waals surface area contributed by atoms with Gasteiger partial charge in [0.2, 0.25) is 5.91 Å². The molecule has 5 heteroatoms. The maximum absolute atomic E-state index is 11.8. The molecule has 1 fully saturated rings. The van der Waals surface area contributed by atoms with Gasteiger partial charge in [-0.05, 0) is 37.1 Å². The normalized spacial score (nSPS) is 20.0. The molecule has 3 N–H and O–H groups in total. The maximum atomic E-state index is 11.8. The molecule has 1 aliphatic rings. The third-order valence-corrected chi connectivity index (χ3v) is 3.50. The van der Waals surface area contributed by atoms with Gasteiger partial charge in [-0.3, -0.25) is 9.69 Å². The summed E-state index contributed by atoms with van der Waals surface area (Å²) in [5, 5.41) is 3.33. The lowest BCUT2D eigenvalue weighted by molar-refractivity contribution is -0.117. The highest BCUT2D eigenvalue weighted by atomic mass is 35.5. The number of nitrogens with one attached hydrogen (secondary N) is 1. The maximum Gasteiger partial charge on any atom is 0.238 e. The Morgan fingerprint density at radius 2 is 2.39 bits per heavy atom. The molecule has 98 valence electrons. The first-order chi connectivity index (χ1) is 8.54. The Labute approximate surface area is 112 Å². The highest BCUT2D eigenvalue weighted by molar-refractivity contribution is 6.33. The number of benzene rings is 1. The van der Waals surface area contributed by atoms with Crippen LogP contribution in [-0.2, 0) is 4.79 Å². The summed E-state index contributed by atoms with van der Waals surface area (Å²) in [6, 6.07) is 5.11. The van der Waals surface area contributed by atoms with Crippen molar-refractivity contribution in [2.24, 2.45) is 5.92 Å². The van der Waals surface area contributed by atoms with Crippen LogP contribution in [0.4, 0.5) is 11.4 Å². The van der Waals surface area contributed by atoms with E-state index >= 15 is 0 Å². The Kier molecular flexibility index (Phi) is 4.09. The number of amides is 1. The Morgan fingerprint density at radius 3 is 3.00 bits per heavy atom. The molecule has 0 saturated carbocycles. The minimum atomic E-state index is -0.00850. The van der Waals surface area contributed by atoms with E-state index in [2.05, 4.69) is 17.1 Å². The zero-order chi connectivity index (χ0) is 13.1. The Bertz CT molecular complexity index is 450. The van der Waals surface area contributed by atoms with Crippen LogP contribution in [0.3, 0.4) is 0 Å². The summed E-state index contributed by atoms with van der Waals surface area (Å²) < 4.78 is 0. The van der Waals surface area contributed by atoms with Gasteiger partial charge in [-0.2, -0.15) is 0 Å². The molecular formula is C13H18ClN3O. The zero-order valence-electron chi connectivity index (χ0n) is 10.4. The minimum Gasteiger partial charge on any atom is -0.397 e. The summed E-state index contributed by atoms with van der Waals surface area (Å²) in [7, 11) is 0. The second kappa shape index (κ2) is 5.59. The van der Waals surface area contributed by atoms with Gasteiger partial charge in [0.05, 0.1) is 17.3 Å². The van der Waals surface area contributed by atoms with Crippen LogP contribution >= 0.6 is 11.6 Å². The summed E-state index contributed by atoms with van der Waals surface area (Å²) in [4.78, 5) is 14.0. The van der Waals surface area contributed by atoms with Gasteiger partial charge in [-0.15, -0.1) is 0 Å². The topological polar surface area (TPSA) is 58.4 Å². The molecule has 1 aromatic rings. The van der Waals surface area contributed by atoms with Crippen molar-refractivity contribution in [3.63, 3.8) is 0 Å². The molecule has 0 bridgehead atoms. The lowest BCUT2D eigenvalue weighted by Gasteiger charge is -2.15. The molecule has 1 heterocycles. The van der Waals surface area contributed by atoms with E-state index in [1.807, 2.05) is 0 Å². The monoisotopic (exact) mass is 267 g/mol. The molecule has 1 unspecified atom stereocenters. The average molecular weight is 268 g/mol. The van der Waals surface area contributed by atoms with Gasteiger partial charge in [0, 0.05) is 12.2 Å². The lowest BCUT2D eigenvalue weighted by atomic mass is 10.2. The van der Waals surface area contributed by atoms with E-state index in [1.54, 1.807) is 18.2 Å². The molecule has 0 spiro atoms. The molecule has 18 heavy (non-hydrogen) atoms. The van der Waals surface area contributed by atoms with Crippen LogP contribution in [0.2, 0.25) is 5.02 Å². The Hall–Kier alpha value is -1.26. The van der Waals surface area contributed by atoms with Crippen molar-refractivity contribution in [3.05, 3.63) is 23.2 Å². The molecule has 0 radical (unpaired) electrons. The number of hydrogen-bond donors (Lipinski definition) is 2. The van der Waals surface area contributed by atoms with Crippen molar-refractivity contribution in [2.45, 2.75) is 13.3 Å². The zero-order valence-corrected chi connectivity index (χ0v) is 11.2. The van der Waals surface area contributed by atoms with E-state index in [0.29, 0.717) is 28.9 Å². The van der Waals surface area contributed by atoms with Crippen LogP contribution in [0, 0.1) is 5.92 Å². The predicted octanol–water partition coefficient (Wildman–Crippen LogP) is 2.20. The Morgan fingerprint density at radius 1 is 1.61 bits per heavy atom. The van der Waals surface area contributed by atoms with Crippen LogP contribution in [0.25, 0.3) is 0 Å². The number of halogens is 1. The quantitative estimate of drug-likeness (QED) is 0.826. The van der Waals surface area contributed by atoms with Crippen LogP contribution in [0.5, 0.6) is 0 Å². The standard InChI is InChI=1S/C13H18ClN3O/c1-9-4-5-17(7-9)8-13(18)16-10-2-3-11(14)12(15)6-10/h2-3,6,9H,4-5,7-8,15H2,1H3,(H,16,18). The van der Waals surface area contributed by atoms with Gasteiger partial charge in [0.25, 0.3) is 0 Å². The van der Waals surface area contributed by atoms with Crippen molar-refractivity contribution in [1.29, 1.82) is 0 Å². The number of nitrogens with two attached hydrogens (primary N) is 1. The highest BCUT2D eigenvalue weighted by Crippen LogP contribution is 2.22. The van der Waals surface area contributed by atoms with Gasteiger partial charge in [-0.1, -0.05) is 18.5 Å². The smallest absolute Gasteiger partial charge is 0.238 e. The lowest BCUT2D eigenvalue weighted by Crippen LogP contribution is -2.31. The van der Waals surface area contributed by atoms with Gasteiger partial charge < -0.3 is 11.1 Å². The fourth-order valence-electron chi connectivity index (χ4n) is 2.20. The van der Waals surface area contributed by atoms with E-state index in [0.717, 1.165) is 13.1 Å². The third-order valence-electron chi connectivity index (χ3n) is 3.15. The SMILES string of the molecule is CC1CCN(CC(=O)Nc2ccc(Cl)c(N)c2)C1. The van der Waals surface area contributed by atoms with Crippen molar-refractivity contribution in [3.8, 4) is 0 Å². The fourth-order valence-corrected chi connectivity index (χ4v) is 2.31. The second-order valence-corrected chi connectivity index (χ2v) is 5.32. The number of likely N-dealkylation sites (tertiary alicyclic amines) is 1. The molecule has 1 saturated heterocycles. The van der Waals surface area contributed by atoms with E-state index in [4.69, 9.17) is 17.3 Å². The van der Waals surface area contributed by atoms with Gasteiger partial charge >= 0.3 is 0 Å². The van der Waals surface area contributed by atoms with Crippen LogP contribution in [0.1, 0.15) is 13.3 Å². The van der Waals surface area contributed by atoms with E-state index in [9.17, 15) is 4.79 Å². The highest BCUT2D eigenvalue weighted by Gasteiger charge is 2.20. The third kappa shape index (κ3) is 3.37. The summed E-state index contributed by atoms with van der Waals surface area (Å²) in [6.45, 7) is 4.64. The first kappa shape index (κ1) is 13.2. The molecule has 1 aromatic carbocycles. The van der Waals surface area contributed by atoms with Crippen molar-refractivity contribution < 1.29 is 4.79 Å². The number of nitrogens with zero attached hydrogens (tertiary/aromatic N) is 1. The average Bonchev–Trinajstić information content (AvgIpc) is 2.69. The Balaban J connectivity index is 1.89. The van der Waals surface area contributed by atoms with Crippen LogP contribution in [0.15, 0.2) is 18.2 Å². The first-order valence-electron chi connectivity index (χ1n) is 6.12. The summed E-state index contributed by atoms with van der Waals surface area (Å²) in [6.07, 6.45) is 1.17. The van der Waals surface area contributed by atoms with Gasteiger partial charge in [0.15, 0.2) is 0 Å². The largest absolute Gasteiger partial charge is 0.397 e. The van der Waals surface area contributed by atoms with Crippen molar-refractivity contribution >= 4 is 28.9 Å². The molecule has 4 nitrogen and oxygen atoms in total. The predicted molar refractivity (Wildman–Crippen MR) is 74.7 cm³/mol. The first-order valence-corrected chi connectivity index (χ1v) is 6.49. The number of anilines is 2. The van der Waals surface area contributed by atoms with E-state index in [1.165, 1.54) is 6.42 Å². The minimum absolute atomic E-state index is 0.00850. The number of rotatable bonds is 3. The van der Waals surface area contributed by atoms with Crippen molar-refractivity contribution in [1.82, 2.24) is 4.90 Å².